The molecule has 7 heteroatoms. The van der Waals surface area contributed by atoms with Crippen LogP contribution in [0.25, 0.3) is 0 Å². The number of pyridine rings is 1. The predicted octanol–water partition coefficient (Wildman–Crippen LogP) is 3.79. The summed E-state index contributed by atoms with van der Waals surface area (Å²) >= 11 is 5.00. The van der Waals surface area contributed by atoms with E-state index in [1.54, 1.807) is 6.92 Å². The number of ether oxygens (including phenoxy) is 1. The van der Waals surface area contributed by atoms with E-state index >= 15 is 0 Å². The molecular weight excluding hydrogens is 390 g/mol. The molecular formula is C8H6BrF3INO. The van der Waals surface area contributed by atoms with Gasteiger partial charge in [-0.1, -0.05) is 15.9 Å². The van der Waals surface area contributed by atoms with Crippen LogP contribution in [-0.2, 0) is 5.33 Å². The largest absolute Gasteiger partial charge is 0.573 e. The van der Waals surface area contributed by atoms with Crippen molar-refractivity contribution in [1.82, 2.24) is 4.98 Å². The molecule has 1 heterocycles. The Hall–Kier alpha value is -0.0500. The lowest BCUT2D eigenvalue weighted by Gasteiger charge is -2.13. The minimum absolute atomic E-state index is 0.261. The number of rotatable bonds is 2. The zero-order chi connectivity index (χ0) is 11.6. The van der Waals surface area contributed by atoms with E-state index in [2.05, 4.69) is 25.7 Å². The molecule has 0 aliphatic heterocycles. The van der Waals surface area contributed by atoms with Gasteiger partial charge < -0.3 is 4.74 Å². The van der Waals surface area contributed by atoms with Crippen molar-refractivity contribution >= 4 is 38.5 Å². The Morgan fingerprint density at radius 3 is 2.60 bits per heavy atom. The summed E-state index contributed by atoms with van der Waals surface area (Å²) in [6, 6.07) is 0. The Kier molecular flexibility index (Phi) is 4.21. The maximum atomic E-state index is 12.0. The third-order valence-electron chi connectivity index (χ3n) is 1.65. The average molecular weight is 396 g/mol. The van der Waals surface area contributed by atoms with Gasteiger partial charge in [0, 0.05) is 16.6 Å². The van der Waals surface area contributed by atoms with E-state index in [-0.39, 0.29) is 5.75 Å². The van der Waals surface area contributed by atoms with Crippen molar-refractivity contribution in [1.29, 1.82) is 0 Å². The van der Waals surface area contributed by atoms with Gasteiger partial charge in [0.2, 0.25) is 0 Å². The smallest absolute Gasteiger partial charge is 0.403 e. The number of alkyl halides is 4. The second kappa shape index (κ2) is 4.86. The summed E-state index contributed by atoms with van der Waals surface area (Å²) in [6.45, 7) is 1.73. The van der Waals surface area contributed by atoms with Gasteiger partial charge in [-0.3, -0.25) is 4.98 Å². The van der Waals surface area contributed by atoms with Gasteiger partial charge in [0.1, 0.15) is 0 Å². The van der Waals surface area contributed by atoms with Crippen molar-refractivity contribution in [2.45, 2.75) is 18.6 Å². The first-order chi connectivity index (χ1) is 6.85. The quantitative estimate of drug-likeness (QED) is 0.561. The number of aromatic nitrogens is 1. The highest BCUT2D eigenvalue weighted by Crippen LogP contribution is 2.31. The molecule has 0 aliphatic carbocycles. The molecule has 0 atom stereocenters. The summed E-state index contributed by atoms with van der Waals surface area (Å²) in [4.78, 5) is 3.84. The zero-order valence-electron chi connectivity index (χ0n) is 7.53. The summed E-state index contributed by atoms with van der Waals surface area (Å²) in [6.07, 6.45) is -3.60. The number of aryl methyl sites for hydroxylation is 1. The normalized spacial score (nSPS) is 11.6. The van der Waals surface area contributed by atoms with Crippen molar-refractivity contribution in [2.75, 3.05) is 0 Å². The monoisotopic (exact) mass is 395 g/mol. The van der Waals surface area contributed by atoms with Gasteiger partial charge in [-0.05, 0) is 29.5 Å². The minimum Gasteiger partial charge on any atom is -0.403 e. The van der Waals surface area contributed by atoms with Crippen molar-refractivity contribution < 1.29 is 17.9 Å². The third-order valence-corrected chi connectivity index (χ3v) is 3.40. The van der Waals surface area contributed by atoms with Crippen molar-refractivity contribution in [3.05, 3.63) is 21.0 Å². The first kappa shape index (κ1) is 13.0. The Morgan fingerprint density at radius 1 is 1.53 bits per heavy atom. The van der Waals surface area contributed by atoms with Crippen LogP contribution in [0.2, 0.25) is 0 Å². The van der Waals surface area contributed by atoms with Crippen LogP contribution in [0.4, 0.5) is 13.2 Å². The van der Waals surface area contributed by atoms with Crippen LogP contribution in [0.15, 0.2) is 6.20 Å². The van der Waals surface area contributed by atoms with E-state index in [1.807, 2.05) is 22.6 Å². The van der Waals surface area contributed by atoms with E-state index in [1.165, 1.54) is 0 Å². The lowest BCUT2D eigenvalue weighted by Crippen LogP contribution is -2.18. The lowest BCUT2D eigenvalue weighted by atomic mass is 10.2. The highest BCUT2D eigenvalue weighted by atomic mass is 127. The number of hydrogen-bond donors (Lipinski definition) is 0. The van der Waals surface area contributed by atoms with E-state index in [0.717, 1.165) is 6.20 Å². The molecule has 0 bridgehead atoms. The number of nitrogens with zero attached hydrogens (tertiary/aromatic N) is 1. The molecule has 0 saturated carbocycles. The maximum absolute atomic E-state index is 12.0. The molecule has 0 amide bonds. The highest BCUT2D eigenvalue weighted by Gasteiger charge is 2.32. The molecule has 2 nitrogen and oxygen atoms in total. The van der Waals surface area contributed by atoms with Gasteiger partial charge in [-0.2, -0.15) is 0 Å². The van der Waals surface area contributed by atoms with Gasteiger partial charge >= 0.3 is 6.36 Å². The molecule has 84 valence electrons. The lowest BCUT2D eigenvalue weighted by molar-refractivity contribution is -0.275. The van der Waals surface area contributed by atoms with E-state index in [0.29, 0.717) is 20.2 Å². The van der Waals surface area contributed by atoms with Crippen LogP contribution in [0.3, 0.4) is 0 Å². The Balaban J connectivity index is 3.11. The summed E-state index contributed by atoms with van der Waals surface area (Å²) in [5.74, 6) is -0.261. The molecule has 0 N–H and O–H groups in total. The number of hydrogen-bond acceptors (Lipinski definition) is 2. The molecule has 0 fully saturated rings. The van der Waals surface area contributed by atoms with Gasteiger partial charge in [-0.25, -0.2) is 0 Å². The second-order valence-electron chi connectivity index (χ2n) is 2.68. The van der Waals surface area contributed by atoms with Crippen LogP contribution in [0.1, 0.15) is 11.3 Å². The van der Waals surface area contributed by atoms with E-state index in [9.17, 15) is 13.2 Å². The molecule has 0 aliphatic rings. The molecule has 0 unspecified atom stereocenters. The molecule has 15 heavy (non-hydrogen) atoms. The third kappa shape index (κ3) is 3.47. The molecule has 0 radical (unpaired) electrons. The van der Waals surface area contributed by atoms with Crippen LogP contribution in [-0.4, -0.2) is 11.3 Å². The zero-order valence-corrected chi connectivity index (χ0v) is 11.3. The molecule has 0 spiro atoms. The summed E-state index contributed by atoms with van der Waals surface area (Å²) in [5, 5.41) is 0.444. The topological polar surface area (TPSA) is 22.1 Å². The van der Waals surface area contributed by atoms with Gasteiger partial charge in [-0.15, -0.1) is 13.2 Å². The second-order valence-corrected chi connectivity index (χ2v) is 4.32. The van der Waals surface area contributed by atoms with Gasteiger partial charge in [0.05, 0.1) is 9.77 Å². The highest BCUT2D eigenvalue weighted by molar-refractivity contribution is 14.1. The van der Waals surface area contributed by atoms with Gasteiger partial charge in [0.15, 0.2) is 5.75 Å². The van der Waals surface area contributed by atoms with Crippen molar-refractivity contribution in [3.8, 4) is 5.75 Å². The predicted molar refractivity (Wildman–Crippen MR) is 61.0 cm³/mol. The summed E-state index contributed by atoms with van der Waals surface area (Å²) in [7, 11) is 0. The summed E-state index contributed by atoms with van der Waals surface area (Å²) < 4.78 is 40.2. The van der Waals surface area contributed by atoms with Crippen LogP contribution in [0.5, 0.6) is 5.75 Å². The minimum atomic E-state index is -4.68. The Morgan fingerprint density at radius 2 is 2.13 bits per heavy atom. The fourth-order valence-corrected chi connectivity index (χ4v) is 2.99. The average Bonchev–Trinajstić information content (AvgIpc) is 2.09. The van der Waals surface area contributed by atoms with Crippen LogP contribution in [0, 0.1) is 10.5 Å². The molecule has 0 aromatic carbocycles. The molecule has 1 aromatic heterocycles. The van der Waals surface area contributed by atoms with Crippen LogP contribution >= 0.6 is 38.5 Å². The van der Waals surface area contributed by atoms with Crippen molar-refractivity contribution in [2.24, 2.45) is 0 Å². The molecule has 1 aromatic rings. The molecule has 0 saturated heterocycles. The summed E-state index contributed by atoms with van der Waals surface area (Å²) in [5.41, 5.74) is 1.39. The molecule has 1 rings (SSSR count). The maximum Gasteiger partial charge on any atom is 0.573 e. The van der Waals surface area contributed by atoms with E-state index < -0.39 is 6.36 Å². The van der Waals surface area contributed by atoms with Crippen LogP contribution < -0.4 is 4.74 Å². The Labute approximate surface area is 106 Å². The number of halogens is 5. The Bertz CT molecular complexity index is 370. The first-order valence-corrected chi connectivity index (χ1v) is 6.01. The first-order valence-electron chi connectivity index (χ1n) is 3.81. The van der Waals surface area contributed by atoms with Crippen molar-refractivity contribution in [3.63, 3.8) is 0 Å². The fourth-order valence-electron chi connectivity index (χ4n) is 0.949. The standard InChI is InChI=1S/C8H6BrF3INO/c1-4-5(2-9)7(13)6(3-14-4)15-8(10,11)12/h3H,2H2,1H3. The van der Waals surface area contributed by atoms with E-state index in [4.69, 9.17) is 0 Å². The van der Waals surface area contributed by atoms with Gasteiger partial charge in [0.25, 0.3) is 0 Å². The fraction of sp³-hybridized carbons (Fsp3) is 0.375. The SMILES string of the molecule is Cc1ncc(OC(F)(F)F)c(I)c1CBr.